The Bertz CT molecular complexity index is 435. The highest BCUT2D eigenvalue weighted by molar-refractivity contribution is 7.86. The van der Waals surface area contributed by atoms with Crippen LogP contribution in [0.1, 0.15) is 16.7 Å². The van der Waals surface area contributed by atoms with Gasteiger partial charge < -0.3 is 0 Å². The van der Waals surface area contributed by atoms with E-state index in [0.29, 0.717) is 5.56 Å². The molecule has 0 N–H and O–H groups in total. The lowest BCUT2D eigenvalue weighted by atomic mass is 10.1. The summed E-state index contributed by atoms with van der Waals surface area (Å²) in [5, 5.41) is 0. The summed E-state index contributed by atoms with van der Waals surface area (Å²) in [5.74, 6) is 0. The van der Waals surface area contributed by atoms with Gasteiger partial charge in [0, 0.05) is 0 Å². The van der Waals surface area contributed by atoms with Gasteiger partial charge in [-0.2, -0.15) is 8.42 Å². The summed E-state index contributed by atoms with van der Waals surface area (Å²) >= 11 is 0. The van der Waals surface area contributed by atoms with Gasteiger partial charge in [-0.3, -0.25) is 0 Å². The zero-order chi connectivity index (χ0) is 10.2. The number of hydrogen-bond donors (Lipinski definition) is 0. The van der Waals surface area contributed by atoms with Crippen LogP contribution in [0.4, 0.5) is 3.89 Å². The van der Waals surface area contributed by atoms with Crippen molar-refractivity contribution in [2.45, 2.75) is 25.7 Å². The molecule has 0 saturated heterocycles. The van der Waals surface area contributed by atoms with Crippen molar-refractivity contribution in [3.8, 4) is 0 Å². The molecule has 1 aromatic carbocycles. The van der Waals surface area contributed by atoms with Crippen molar-refractivity contribution < 1.29 is 12.3 Å². The monoisotopic (exact) mass is 202 g/mol. The van der Waals surface area contributed by atoms with Crippen LogP contribution in [0.25, 0.3) is 0 Å². The first-order valence-electron chi connectivity index (χ1n) is 3.85. The molecule has 0 atom stereocenters. The van der Waals surface area contributed by atoms with Gasteiger partial charge in [-0.25, -0.2) is 0 Å². The average Bonchev–Trinajstić information content (AvgIpc) is 1.98. The van der Waals surface area contributed by atoms with Crippen LogP contribution in [0.3, 0.4) is 0 Å². The standard InChI is InChI=1S/C9H11FO2S/c1-6-4-5-9(13(10,11)12)8(3)7(6)2/h4-5H,1-3H3. The van der Waals surface area contributed by atoms with Crippen LogP contribution in [-0.4, -0.2) is 8.42 Å². The first kappa shape index (κ1) is 10.2. The Balaban J connectivity index is 3.53. The van der Waals surface area contributed by atoms with Crippen LogP contribution in [0, 0.1) is 20.8 Å². The van der Waals surface area contributed by atoms with E-state index in [4.69, 9.17) is 0 Å². The molecule has 0 aromatic heterocycles. The van der Waals surface area contributed by atoms with E-state index in [0.717, 1.165) is 11.1 Å². The topological polar surface area (TPSA) is 34.1 Å². The molecule has 4 heteroatoms. The minimum absolute atomic E-state index is 0.226. The Kier molecular flexibility index (Phi) is 2.43. The molecule has 0 fully saturated rings. The number of hydrogen-bond acceptors (Lipinski definition) is 2. The van der Waals surface area contributed by atoms with E-state index in [-0.39, 0.29) is 4.90 Å². The maximum Gasteiger partial charge on any atom is 0.332 e. The summed E-state index contributed by atoms with van der Waals surface area (Å²) in [6, 6.07) is 2.90. The molecule has 0 spiro atoms. The molecule has 0 aliphatic rings. The van der Waals surface area contributed by atoms with Crippen molar-refractivity contribution in [2.24, 2.45) is 0 Å². The van der Waals surface area contributed by atoms with E-state index in [9.17, 15) is 12.3 Å². The quantitative estimate of drug-likeness (QED) is 0.655. The van der Waals surface area contributed by atoms with Gasteiger partial charge in [0.1, 0.15) is 4.90 Å². The number of aryl methyl sites for hydroxylation is 1. The van der Waals surface area contributed by atoms with Gasteiger partial charge in [-0.15, -0.1) is 3.89 Å². The first-order chi connectivity index (χ1) is 5.84. The van der Waals surface area contributed by atoms with E-state index >= 15 is 0 Å². The summed E-state index contributed by atoms with van der Waals surface area (Å²) < 4.78 is 34.0. The Morgan fingerprint density at radius 1 is 1.08 bits per heavy atom. The van der Waals surface area contributed by atoms with E-state index in [1.165, 1.54) is 6.07 Å². The third kappa shape index (κ3) is 1.88. The molecule has 0 radical (unpaired) electrons. The van der Waals surface area contributed by atoms with E-state index in [2.05, 4.69) is 0 Å². The molecule has 0 heterocycles. The van der Waals surface area contributed by atoms with Gasteiger partial charge in [-0.1, -0.05) is 6.07 Å². The molecule has 0 amide bonds. The molecular weight excluding hydrogens is 191 g/mol. The Labute approximate surface area is 77.6 Å². The van der Waals surface area contributed by atoms with Gasteiger partial charge in [0.25, 0.3) is 0 Å². The number of halogens is 1. The van der Waals surface area contributed by atoms with E-state index in [1.54, 1.807) is 19.9 Å². The fraction of sp³-hybridized carbons (Fsp3) is 0.333. The van der Waals surface area contributed by atoms with Crippen LogP contribution in [0.2, 0.25) is 0 Å². The molecule has 0 unspecified atom stereocenters. The zero-order valence-electron chi connectivity index (χ0n) is 7.76. The SMILES string of the molecule is Cc1ccc(S(=O)(=O)F)c(C)c1C. The molecule has 0 aliphatic carbocycles. The van der Waals surface area contributed by atoms with Gasteiger partial charge in [-0.05, 0) is 43.5 Å². The lowest BCUT2D eigenvalue weighted by molar-refractivity contribution is 0.551. The van der Waals surface area contributed by atoms with Crippen molar-refractivity contribution in [1.82, 2.24) is 0 Å². The fourth-order valence-corrected chi connectivity index (χ4v) is 1.94. The Morgan fingerprint density at radius 2 is 1.62 bits per heavy atom. The van der Waals surface area contributed by atoms with Crippen LogP contribution < -0.4 is 0 Å². The Hall–Kier alpha value is -0.900. The van der Waals surface area contributed by atoms with Crippen molar-refractivity contribution >= 4 is 10.2 Å². The highest BCUT2D eigenvalue weighted by Gasteiger charge is 2.16. The number of rotatable bonds is 1. The smallest absolute Gasteiger partial charge is 0.189 e. The molecule has 2 nitrogen and oxygen atoms in total. The predicted molar refractivity (Wildman–Crippen MR) is 48.9 cm³/mol. The van der Waals surface area contributed by atoms with Gasteiger partial charge in [0.2, 0.25) is 0 Å². The van der Waals surface area contributed by atoms with Crippen molar-refractivity contribution in [2.75, 3.05) is 0 Å². The zero-order valence-corrected chi connectivity index (χ0v) is 8.57. The third-order valence-corrected chi connectivity index (χ3v) is 3.24. The van der Waals surface area contributed by atoms with Gasteiger partial charge in [0.05, 0.1) is 0 Å². The maximum atomic E-state index is 12.7. The van der Waals surface area contributed by atoms with E-state index < -0.39 is 10.2 Å². The summed E-state index contributed by atoms with van der Waals surface area (Å²) in [6.45, 7) is 5.24. The molecule has 13 heavy (non-hydrogen) atoms. The molecule has 0 aliphatic heterocycles. The largest absolute Gasteiger partial charge is 0.332 e. The minimum Gasteiger partial charge on any atom is -0.189 e. The van der Waals surface area contributed by atoms with Crippen LogP contribution >= 0.6 is 0 Å². The van der Waals surface area contributed by atoms with Crippen molar-refractivity contribution in [3.05, 3.63) is 28.8 Å². The first-order valence-corrected chi connectivity index (χ1v) is 5.24. The summed E-state index contributed by atoms with van der Waals surface area (Å²) in [7, 11) is -4.57. The molecule has 0 bridgehead atoms. The molecule has 0 saturated carbocycles. The molecular formula is C9H11FO2S. The lowest BCUT2D eigenvalue weighted by Crippen LogP contribution is -1.98. The normalized spacial score (nSPS) is 11.7. The van der Waals surface area contributed by atoms with Crippen LogP contribution in [0.5, 0.6) is 0 Å². The van der Waals surface area contributed by atoms with Crippen LogP contribution in [-0.2, 0) is 10.2 Å². The summed E-state index contributed by atoms with van der Waals surface area (Å²) in [6.07, 6.45) is 0. The summed E-state index contributed by atoms with van der Waals surface area (Å²) in [4.78, 5) is -0.226. The third-order valence-electron chi connectivity index (χ3n) is 2.27. The predicted octanol–water partition coefficient (Wildman–Crippen LogP) is 2.27. The maximum absolute atomic E-state index is 12.7. The Morgan fingerprint density at radius 3 is 2.08 bits per heavy atom. The second kappa shape index (κ2) is 3.10. The highest BCUT2D eigenvalue weighted by Crippen LogP contribution is 2.22. The highest BCUT2D eigenvalue weighted by atomic mass is 32.3. The lowest BCUT2D eigenvalue weighted by Gasteiger charge is -2.07. The van der Waals surface area contributed by atoms with E-state index in [1.807, 2.05) is 6.92 Å². The molecule has 1 aromatic rings. The minimum atomic E-state index is -4.57. The van der Waals surface area contributed by atoms with Crippen molar-refractivity contribution in [1.29, 1.82) is 0 Å². The fourth-order valence-electron chi connectivity index (χ4n) is 1.20. The summed E-state index contributed by atoms with van der Waals surface area (Å²) in [5.41, 5.74) is 2.27. The van der Waals surface area contributed by atoms with Gasteiger partial charge >= 0.3 is 10.2 Å². The van der Waals surface area contributed by atoms with Crippen LogP contribution in [0.15, 0.2) is 17.0 Å². The average molecular weight is 202 g/mol. The van der Waals surface area contributed by atoms with Gasteiger partial charge in [0.15, 0.2) is 0 Å². The van der Waals surface area contributed by atoms with Crippen molar-refractivity contribution in [3.63, 3.8) is 0 Å². The number of benzene rings is 1. The molecule has 72 valence electrons. The molecule has 1 rings (SSSR count). The second-order valence-electron chi connectivity index (χ2n) is 3.07. The second-order valence-corrected chi connectivity index (χ2v) is 4.38.